The molecular formula is C15H16F2N2. The van der Waals surface area contributed by atoms with Crippen LogP contribution in [0.5, 0.6) is 0 Å². The lowest BCUT2D eigenvalue weighted by Gasteiger charge is -2.07. The predicted molar refractivity (Wildman–Crippen MR) is 71.6 cm³/mol. The quantitative estimate of drug-likeness (QED) is 0.834. The van der Waals surface area contributed by atoms with Gasteiger partial charge in [0.05, 0.1) is 6.20 Å². The number of nitrogens with zero attached hydrogens (tertiary/aromatic N) is 1. The van der Waals surface area contributed by atoms with Gasteiger partial charge >= 0.3 is 0 Å². The average Bonchev–Trinajstić information content (AvgIpc) is 2.39. The van der Waals surface area contributed by atoms with Gasteiger partial charge in [-0.2, -0.15) is 0 Å². The van der Waals surface area contributed by atoms with E-state index in [1.165, 1.54) is 18.3 Å². The second-order valence-corrected chi connectivity index (χ2v) is 4.38. The average molecular weight is 262 g/mol. The van der Waals surface area contributed by atoms with Crippen LogP contribution in [0.4, 0.5) is 8.78 Å². The lowest BCUT2D eigenvalue weighted by atomic mass is 10.0. The molecule has 0 atom stereocenters. The van der Waals surface area contributed by atoms with Gasteiger partial charge in [-0.15, -0.1) is 0 Å². The van der Waals surface area contributed by atoms with Crippen LogP contribution in [0.15, 0.2) is 36.7 Å². The maximum absolute atomic E-state index is 14.0. The summed E-state index contributed by atoms with van der Waals surface area (Å²) in [5, 5.41) is 3.21. The van der Waals surface area contributed by atoms with E-state index in [0.29, 0.717) is 17.7 Å². The molecule has 2 rings (SSSR count). The first-order chi connectivity index (χ1) is 9.20. The van der Waals surface area contributed by atoms with Gasteiger partial charge in [0, 0.05) is 23.9 Å². The van der Waals surface area contributed by atoms with E-state index in [-0.39, 0.29) is 5.82 Å². The number of hydrogen-bond acceptors (Lipinski definition) is 2. The Bertz CT molecular complexity index is 556. The van der Waals surface area contributed by atoms with E-state index >= 15 is 0 Å². The molecule has 0 unspecified atom stereocenters. The molecule has 0 spiro atoms. The van der Waals surface area contributed by atoms with E-state index in [1.54, 1.807) is 6.07 Å². The number of aromatic nitrogens is 1. The van der Waals surface area contributed by atoms with Crippen LogP contribution < -0.4 is 5.32 Å². The molecule has 2 aromatic rings. The minimum Gasteiger partial charge on any atom is -0.313 e. The van der Waals surface area contributed by atoms with Gasteiger partial charge < -0.3 is 5.32 Å². The number of rotatable bonds is 5. The predicted octanol–water partition coefficient (Wildman–Crippen LogP) is 3.53. The van der Waals surface area contributed by atoms with Crippen LogP contribution in [-0.2, 0) is 6.54 Å². The zero-order chi connectivity index (χ0) is 13.7. The summed E-state index contributed by atoms with van der Waals surface area (Å²) in [4.78, 5) is 3.73. The van der Waals surface area contributed by atoms with E-state index in [4.69, 9.17) is 0 Å². The smallest absolute Gasteiger partial charge is 0.142 e. The summed E-state index contributed by atoms with van der Waals surface area (Å²) in [5.41, 5.74) is 1.69. The maximum atomic E-state index is 14.0. The van der Waals surface area contributed by atoms with Crippen molar-refractivity contribution in [2.75, 3.05) is 6.54 Å². The van der Waals surface area contributed by atoms with Crippen molar-refractivity contribution in [2.24, 2.45) is 0 Å². The maximum Gasteiger partial charge on any atom is 0.142 e. The highest BCUT2D eigenvalue weighted by molar-refractivity contribution is 5.63. The third kappa shape index (κ3) is 3.58. The van der Waals surface area contributed by atoms with Crippen LogP contribution in [0, 0.1) is 11.6 Å². The Balaban J connectivity index is 2.19. The molecule has 100 valence electrons. The van der Waals surface area contributed by atoms with Gasteiger partial charge in [0.25, 0.3) is 0 Å². The van der Waals surface area contributed by atoms with Crippen LogP contribution in [0.2, 0.25) is 0 Å². The fourth-order valence-electron chi connectivity index (χ4n) is 1.87. The number of benzene rings is 1. The minimum atomic E-state index is -0.467. The van der Waals surface area contributed by atoms with Crippen molar-refractivity contribution in [3.05, 3.63) is 53.9 Å². The molecule has 0 amide bonds. The van der Waals surface area contributed by atoms with Crippen LogP contribution in [-0.4, -0.2) is 11.5 Å². The highest BCUT2D eigenvalue weighted by Crippen LogP contribution is 2.23. The molecule has 0 bridgehead atoms. The third-order valence-corrected chi connectivity index (χ3v) is 2.81. The highest BCUT2D eigenvalue weighted by Gasteiger charge is 2.07. The van der Waals surface area contributed by atoms with Crippen LogP contribution in [0.3, 0.4) is 0 Å². The number of nitrogens with one attached hydrogen (secondary N) is 1. The normalized spacial score (nSPS) is 10.7. The Labute approximate surface area is 111 Å². The summed E-state index contributed by atoms with van der Waals surface area (Å²) in [6.45, 7) is 3.61. The first-order valence-electron chi connectivity index (χ1n) is 6.30. The summed E-state index contributed by atoms with van der Waals surface area (Å²) in [6, 6.07) is 6.25. The second-order valence-electron chi connectivity index (χ2n) is 4.38. The molecule has 1 aromatic heterocycles. The molecular weight excluding hydrogens is 246 g/mol. The summed E-state index contributed by atoms with van der Waals surface area (Å²) in [5.74, 6) is -0.825. The first kappa shape index (κ1) is 13.6. The summed E-state index contributed by atoms with van der Waals surface area (Å²) in [7, 11) is 0. The summed E-state index contributed by atoms with van der Waals surface area (Å²) >= 11 is 0. The molecule has 0 aliphatic heterocycles. The van der Waals surface area contributed by atoms with E-state index in [2.05, 4.69) is 17.2 Å². The van der Waals surface area contributed by atoms with Gasteiger partial charge in [0.2, 0.25) is 0 Å². The molecule has 1 heterocycles. The summed E-state index contributed by atoms with van der Waals surface area (Å²) in [6.07, 6.45) is 3.59. The third-order valence-electron chi connectivity index (χ3n) is 2.81. The van der Waals surface area contributed by atoms with Crippen LogP contribution in [0.1, 0.15) is 18.9 Å². The van der Waals surface area contributed by atoms with Gasteiger partial charge in [-0.05, 0) is 30.7 Å². The molecule has 0 aliphatic rings. The van der Waals surface area contributed by atoms with Crippen molar-refractivity contribution in [3.63, 3.8) is 0 Å². The van der Waals surface area contributed by atoms with Crippen LogP contribution in [0.25, 0.3) is 11.1 Å². The topological polar surface area (TPSA) is 24.9 Å². The van der Waals surface area contributed by atoms with E-state index in [1.807, 2.05) is 6.07 Å². The lowest BCUT2D eigenvalue weighted by molar-refractivity contribution is 0.617. The standard InChI is InChI=1S/C15H16F2N2/c1-2-5-18-8-11-3-4-14(15(17)6-11)12-7-13(16)10-19-9-12/h3-4,6-7,9-10,18H,2,5,8H2,1H3. The number of pyridine rings is 1. The van der Waals surface area contributed by atoms with E-state index in [0.717, 1.165) is 24.7 Å². The summed E-state index contributed by atoms with van der Waals surface area (Å²) < 4.78 is 27.1. The fraction of sp³-hybridized carbons (Fsp3) is 0.267. The monoisotopic (exact) mass is 262 g/mol. The Hall–Kier alpha value is -1.81. The van der Waals surface area contributed by atoms with Crippen molar-refractivity contribution in [1.29, 1.82) is 0 Å². The van der Waals surface area contributed by atoms with Crippen molar-refractivity contribution < 1.29 is 8.78 Å². The molecule has 0 aliphatic carbocycles. The zero-order valence-corrected chi connectivity index (χ0v) is 10.8. The Morgan fingerprint density at radius 3 is 2.68 bits per heavy atom. The molecule has 1 aromatic carbocycles. The van der Waals surface area contributed by atoms with Crippen molar-refractivity contribution in [1.82, 2.24) is 10.3 Å². The number of halogens is 2. The molecule has 0 radical (unpaired) electrons. The van der Waals surface area contributed by atoms with Gasteiger partial charge in [0.15, 0.2) is 0 Å². The molecule has 1 N–H and O–H groups in total. The van der Waals surface area contributed by atoms with Crippen molar-refractivity contribution in [3.8, 4) is 11.1 Å². The highest BCUT2D eigenvalue weighted by atomic mass is 19.1. The Kier molecular flexibility index (Phi) is 4.58. The molecule has 2 nitrogen and oxygen atoms in total. The molecule has 19 heavy (non-hydrogen) atoms. The first-order valence-corrected chi connectivity index (χ1v) is 6.30. The second kappa shape index (κ2) is 6.38. The molecule has 0 fully saturated rings. The zero-order valence-electron chi connectivity index (χ0n) is 10.8. The van der Waals surface area contributed by atoms with Crippen molar-refractivity contribution >= 4 is 0 Å². The lowest BCUT2D eigenvalue weighted by Crippen LogP contribution is -2.13. The van der Waals surface area contributed by atoms with Gasteiger partial charge in [-0.3, -0.25) is 4.98 Å². The molecule has 0 saturated carbocycles. The minimum absolute atomic E-state index is 0.358. The van der Waals surface area contributed by atoms with Gasteiger partial charge in [0.1, 0.15) is 11.6 Å². The number of hydrogen-bond donors (Lipinski definition) is 1. The Morgan fingerprint density at radius 1 is 1.16 bits per heavy atom. The molecule has 4 heteroatoms. The largest absolute Gasteiger partial charge is 0.313 e. The Morgan fingerprint density at radius 2 is 2.00 bits per heavy atom. The van der Waals surface area contributed by atoms with E-state index in [9.17, 15) is 8.78 Å². The van der Waals surface area contributed by atoms with Crippen LogP contribution >= 0.6 is 0 Å². The van der Waals surface area contributed by atoms with E-state index < -0.39 is 5.82 Å². The SMILES string of the molecule is CCCNCc1ccc(-c2cncc(F)c2)c(F)c1. The van der Waals surface area contributed by atoms with Gasteiger partial charge in [-0.25, -0.2) is 8.78 Å². The van der Waals surface area contributed by atoms with Gasteiger partial charge in [-0.1, -0.05) is 19.1 Å². The van der Waals surface area contributed by atoms with Crippen molar-refractivity contribution in [2.45, 2.75) is 19.9 Å². The fourth-order valence-corrected chi connectivity index (χ4v) is 1.87. The molecule has 0 saturated heterocycles.